The Bertz CT molecular complexity index is 857. The molecule has 3 rings (SSSR count). The topological polar surface area (TPSA) is 41.1 Å². The van der Waals surface area contributed by atoms with Gasteiger partial charge in [-0.15, -0.1) is 0 Å². The van der Waals surface area contributed by atoms with E-state index in [9.17, 15) is 4.79 Å². The molecule has 3 heteroatoms. The lowest BCUT2D eigenvalue weighted by Crippen LogP contribution is -2.50. The molecular formula is C26H38N2O. The molecule has 0 heterocycles. The van der Waals surface area contributed by atoms with Crippen LogP contribution in [0.1, 0.15) is 59.9 Å². The van der Waals surface area contributed by atoms with Gasteiger partial charge in [-0.05, 0) is 52.3 Å². The predicted molar refractivity (Wildman–Crippen MR) is 123 cm³/mol. The van der Waals surface area contributed by atoms with E-state index < -0.39 is 0 Å². The summed E-state index contributed by atoms with van der Waals surface area (Å²) in [4.78, 5) is 13.1. The van der Waals surface area contributed by atoms with Gasteiger partial charge < -0.3 is 10.6 Å². The monoisotopic (exact) mass is 394 g/mol. The summed E-state index contributed by atoms with van der Waals surface area (Å²) in [6.07, 6.45) is 3.17. The van der Waals surface area contributed by atoms with E-state index in [2.05, 4.69) is 94.6 Å². The highest BCUT2D eigenvalue weighted by molar-refractivity contribution is 5.84. The molecule has 3 nitrogen and oxygen atoms in total. The highest BCUT2D eigenvalue weighted by Gasteiger charge is 2.49. The third-order valence-corrected chi connectivity index (χ3v) is 6.53. The molecule has 1 aliphatic rings. The molecule has 0 saturated heterocycles. The third kappa shape index (κ3) is 5.82. The van der Waals surface area contributed by atoms with E-state index in [4.69, 9.17) is 0 Å². The van der Waals surface area contributed by atoms with Crippen molar-refractivity contribution in [1.29, 1.82) is 0 Å². The lowest BCUT2D eigenvalue weighted by Gasteiger charge is -2.30. The Kier molecular flexibility index (Phi) is 6.38. The zero-order chi connectivity index (χ0) is 21.2. The second-order valence-electron chi connectivity index (χ2n) is 10.6. The van der Waals surface area contributed by atoms with E-state index in [-0.39, 0.29) is 23.4 Å². The van der Waals surface area contributed by atoms with E-state index in [1.54, 1.807) is 0 Å². The van der Waals surface area contributed by atoms with Crippen LogP contribution in [0.5, 0.6) is 0 Å². The summed E-state index contributed by atoms with van der Waals surface area (Å²) < 4.78 is 0. The van der Waals surface area contributed by atoms with Crippen LogP contribution in [0.3, 0.4) is 0 Å². The summed E-state index contributed by atoms with van der Waals surface area (Å²) in [5.74, 6) is 0.912. The average molecular weight is 395 g/mol. The molecule has 1 saturated carbocycles. The molecule has 2 unspecified atom stereocenters. The quantitative estimate of drug-likeness (QED) is 0.604. The number of rotatable bonds is 9. The van der Waals surface area contributed by atoms with Gasteiger partial charge in [-0.1, -0.05) is 84.0 Å². The Morgan fingerprint density at radius 3 is 2.45 bits per heavy atom. The van der Waals surface area contributed by atoms with Gasteiger partial charge in [0.1, 0.15) is 0 Å². The summed E-state index contributed by atoms with van der Waals surface area (Å²) in [5.41, 5.74) is 1.76. The molecule has 0 aliphatic heterocycles. The van der Waals surface area contributed by atoms with Crippen molar-refractivity contribution in [3.8, 4) is 0 Å². The average Bonchev–Trinajstić information content (AvgIpc) is 3.23. The van der Waals surface area contributed by atoms with Crippen LogP contribution in [-0.2, 0) is 11.2 Å². The largest absolute Gasteiger partial charge is 0.354 e. The molecule has 2 N–H and O–H groups in total. The fourth-order valence-corrected chi connectivity index (χ4v) is 4.72. The van der Waals surface area contributed by atoms with E-state index >= 15 is 0 Å². The third-order valence-electron chi connectivity index (χ3n) is 6.53. The number of nitrogens with one attached hydrogen (secondary N) is 2. The van der Waals surface area contributed by atoms with Gasteiger partial charge in [0.15, 0.2) is 0 Å². The van der Waals surface area contributed by atoms with Crippen LogP contribution in [0.15, 0.2) is 42.5 Å². The number of fused-ring (bicyclic) bond motifs is 1. The van der Waals surface area contributed by atoms with Gasteiger partial charge in [0.25, 0.3) is 0 Å². The number of hydrogen-bond donors (Lipinski definition) is 2. The van der Waals surface area contributed by atoms with Crippen LogP contribution < -0.4 is 10.6 Å². The van der Waals surface area contributed by atoms with Gasteiger partial charge in [-0.25, -0.2) is 0 Å². The maximum atomic E-state index is 13.1. The van der Waals surface area contributed by atoms with Gasteiger partial charge in [0.05, 0.1) is 6.04 Å². The Hall–Kier alpha value is -1.87. The van der Waals surface area contributed by atoms with Crippen LogP contribution in [0.25, 0.3) is 10.8 Å². The zero-order valence-corrected chi connectivity index (χ0v) is 19.0. The molecule has 0 bridgehead atoms. The fourth-order valence-electron chi connectivity index (χ4n) is 4.72. The normalized spacial score (nSPS) is 22.7. The Balaban J connectivity index is 1.64. The second-order valence-corrected chi connectivity index (χ2v) is 10.6. The number of benzene rings is 2. The van der Waals surface area contributed by atoms with Crippen molar-refractivity contribution in [2.24, 2.45) is 16.7 Å². The van der Waals surface area contributed by atoms with Gasteiger partial charge in [-0.3, -0.25) is 4.79 Å². The summed E-state index contributed by atoms with van der Waals surface area (Å²) in [6, 6.07) is 14.9. The minimum Gasteiger partial charge on any atom is -0.354 e. The highest BCUT2D eigenvalue weighted by atomic mass is 16.2. The second kappa shape index (κ2) is 8.47. The van der Waals surface area contributed by atoms with Crippen molar-refractivity contribution in [3.05, 3.63) is 48.0 Å². The van der Waals surface area contributed by atoms with Crippen molar-refractivity contribution in [1.82, 2.24) is 10.6 Å². The molecule has 2 aromatic carbocycles. The molecule has 3 atom stereocenters. The number of hydrogen-bond acceptors (Lipinski definition) is 2. The standard InChI is InChI=1S/C26H38N2O/c1-18(2)28-23(14-20-11-12-21-9-7-8-10-22(21)13-20)24(29)27-17-25(4,5)16-26(6)15-19(26)3/h7-13,18-19,23,28H,14-17H2,1-6H3,(H,27,29)/t19?,23-,26?/m0/s1. The van der Waals surface area contributed by atoms with Gasteiger partial charge in [0.2, 0.25) is 5.91 Å². The molecule has 0 radical (unpaired) electrons. The van der Waals surface area contributed by atoms with E-state index in [0.29, 0.717) is 11.8 Å². The molecular weight excluding hydrogens is 356 g/mol. The van der Waals surface area contributed by atoms with Crippen LogP contribution in [0, 0.1) is 16.7 Å². The predicted octanol–water partition coefficient (Wildman–Crippen LogP) is 5.33. The van der Waals surface area contributed by atoms with Crippen LogP contribution in [0.2, 0.25) is 0 Å². The van der Waals surface area contributed by atoms with E-state index in [1.807, 2.05) is 0 Å². The first kappa shape index (κ1) is 21.8. The first-order valence-electron chi connectivity index (χ1n) is 11.1. The Morgan fingerprint density at radius 2 is 1.83 bits per heavy atom. The minimum absolute atomic E-state index is 0.105. The van der Waals surface area contributed by atoms with Crippen molar-refractivity contribution in [2.45, 2.75) is 72.9 Å². The minimum atomic E-state index is -0.220. The van der Waals surface area contributed by atoms with Crippen molar-refractivity contribution in [3.63, 3.8) is 0 Å². The first-order chi connectivity index (χ1) is 13.6. The number of carbonyl (C=O) groups is 1. The molecule has 29 heavy (non-hydrogen) atoms. The van der Waals surface area contributed by atoms with Crippen molar-refractivity contribution in [2.75, 3.05) is 6.54 Å². The van der Waals surface area contributed by atoms with E-state index in [0.717, 1.165) is 18.9 Å². The maximum absolute atomic E-state index is 13.1. The fraction of sp³-hybridized carbons (Fsp3) is 0.577. The molecule has 1 fully saturated rings. The smallest absolute Gasteiger partial charge is 0.237 e. The first-order valence-corrected chi connectivity index (χ1v) is 11.1. The Labute approximate surface area is 176 Å². The van der Waals surface area contributed by atoms with E-state index in [1.165, 1.54) is 22.8 Å². The van der Waals surface area contributed by atoms with Crippen LogP contribution >= 0.6 is 0 Å². The van der Waals surface area contributed by atoms with Crippen molar-refractivity contribution < 1.29 is 4.79 Å². The van der Waals surface area contributed by atoms with Gasteiger partial charge >= 0.3 is 0 Å². The van der Waals surface area contributed by atoms with Crippen molar-refractivity contribution >= 4 is 16.7 Å². The van der Waals surface area contributed by atoms with Gasteiger partial charge in [0, 0.05) is 12.6 Å². The molecule has 0 aromatic heterocycles. The van der Waals surface area contributed by atoms with Gasteiger partial charge in [-0.2, -0.15) is 0 Å². The highest BCUT2D eigenvalue weighted by Crippen LogP contribution is 2.57. The summed E-state index contributed by atoms with van der Waals surface area (Å²) in [7, 11) is 0. The number of carbonyl (C=O) groups excluding carboxylic acids is 1. The molecule has 1 amide bonds. The summed E-state index contributed by atoms with van der Waals surface area (Å²) >= 11 is 0. The van der Waals surface area contributed by atoms with Crippen LogP contribution in [-0.4, -0.2) is 24.5 Å². The summed E-state index contributed by atoms with van der Waals surface area (Å²) in [6.45, 7) is 14.2. The molecule has 2 aromatic rings. The molecule has 1 aliphatic carbocycles. The van der Waals surface area contributed by atoms with Crippen LogP contribution in [0.4, 0.5) is 0 Å². The molecule has 158 valence electrons. The zero-order valence-electron chi connectivity index (χ0n) is 19.0. The SMILES string of the molecule is CC(C)N[C@@H](Cc1ccc2ccccc2c1)C(=O)NCC(C)(C)CC1(C)CC1C. The lowest BCUT2D eigenvalue weighted by molar-refractivity contribution is -0.123. The number of amides is 1. The molecule has 0 spiro atoms. The lowest BCUT2D eigenvalue weighted by atomic mass is 9.80. The Morgan fingerprint density at radius 1 is 1.17 bits per heavy atom. The summed E-state index contributed by atoms with van der Waals surface area (Å²) in [5, 5.41) is 9.18. The maximum Gasteiger partial charge on any atom is 0.237 e.